The van der Waals surface area contributed by atoms with Gasteiger partial charge in [0.2, 0.25) is 0 Å². The molecule has 98 valence electrons. The number of hydrogen-bond donors (Lipinski definition) is 1. The average Bonchev–Trinajstić information content (AvgIpc) is 2.49. The van der Waals surface area contributed by atoms with Gasteiger partial charge in [-0.1, -0.05) is 13.8 Å². The Morgan fingerprint density at radius 1 is 1.47 bits per heavy atom. The van der Waals surface area contributed by atoms with Crippen molar-refractivity contribution >= 4 is 5.97 Å². The van der Waals surface area contributed by atoms with E-state index in [0.717, 1.165) is 25.7 Å². The van der Waals surface area contributed by atoms with E-state index < -0.39 is 0 Å². The number of nitrogens with zero attached hydrogens (tertiary/aromatic N) is 1. The van der Waals surface area contributed by atoms with Crippen LogP contribution < -0.4 is 0 Å². The third kappa shape index (κ3) is 2.47. The molecule has 3 unspecified atom stereocenters. The number of carbonyl (C=O) groups excluding carboxylic acids is 1. The summed E-state index contributed by atoms with van der Waals surface area (Å²) in [7, 11) is 2.05. The maximum absolute atomic E-state index is 11.7. The third-order valence-corrected chi connectivity index (χ3v) is 4.39. The van der Waals surface area contributed by atoms with Gasteiger partial charge in [0.05, 0.1) is 12.0 Å². The van der Waals surface area contributed by atoms with Crippen molar-refractivity contribution in [2.45, 2.75) is 63.8 Å². The lowest BCUT2D eigenvalue weighted by atomic mass is 10.00. The summed E-state index contributed by atoms with van der Waals surface area (Å²) >= 11 is 0. The predicted molar refractivity (Wildman–Crippen MR) is 64.5 cm³/mol. The molecule has 0 aromatic carbocycles. The molecule has 2 aliphatic rings. The van der Waals surface area contributed by atoms with Crippen molar-refractivity contribution in [1.29, 1.82) is 0 Å². The van der Waals surface area contributed by atoms with Crippen LogP contribution in [0.5, 0.6) is 0 Å². The Kier molecular flexibility index (Phi) is 3.73. The van der Waals surface area contributed by atoms with Crippen LogP contribution in [-0.2, 0) is 9.53 Å². The molecular weight excluding hydrogens is 218 g/mol. The Bertz CT molecular complexity index is 294. The first-order chi connectivity index (χ1) is 8.02. The van der Waals surface area contributed by atoms with Crippen LogP contribution in [0, 0.1) is 5.92 Å². The molecule has 0 amide bonds. The van der Waals surface area contributed by atoms with Gasteiger partial charge in [0.15, 0.2) is 0 Å². The molecule has 0 radical (unpaired) electrons. The number of hydrogen-bond acceptors (Lipinski definition) is 4. The molecule has 2 rings (SSSR count). The summed E-state index contributed by atoms with van der Waals surface area (Å²) in [4.78, 5) is 14.0. The van der Waals surface area contributed by atoms with Gasteiger partial charge in [0.25, 0.3) is 0 Å². The van der Waals surface area contributed by atoms with Crippen molar-refractivity contribution < 1.29 is 14.6 Å². The fourth-order valence-corrected chi connectivity index (χ4v) is 2.94. The minimum Gasteiger partial charge on any atom is -0.462 e. The summed E-state index contributed by atoms with van der Waals surface area (Å²) in [6.45, 7) is 3.90. The van der Waals surface area contributed by atoms with Crippen molar-refractivity contribution in [2.24, 2.45) is 5.92 Å². The van der Waals surface area contributed by atoms with E-state index in [9.17, 15) is 9.90 Å². The topological polar surface area (TPSA) is 49.8 Å². The Hall–Kier alpha value is -0.610. The smallest absolute Gasteiger partial charge is 0.308 e. The van der Waals surface area contributed by atoms with Gasteiger partial charge in [-0.25, -0.2) is 0 Å². The number of carbonyl (C=O) groups is 1. The minimum atomic E-state index is -0.252. The van der Waals surface area contributed by atoms with Gasteiger partial charge >= 0.3 is 5.97 Å². The lowest BCUT2D eigenvalue weighted by Crippen LogP contribution is -2.45. The van der Waals surface area contributed by atoms with E-state index in [0.29, 0.717) is 6.04 Å². The van der Waals surface area contributed by atoms with Crippen molar-refractivity contribution in [3.63, 3.8) is 0 Å². The Morgan fingerprint density at radius 2 is 2.18 bits per heavy atom. The molecule has 5 atom stereocenters. The second-order valence-corrected chi connectivity index (χ2v) is 5.53. The molecule has 4 nitrogen and oxygen atoms in total. The monoisotopic (exact) mass is 241 g/mol. The third-order valence-electron chi connectivity index (χ3n) is 4.39. The highest BCUT2D eigenvalue weighted by molar-refractivity contribution is 5.72. The quantitative estimate of drug-likeness (QED) is 0.754. The lowest BCUT2D eigenvalue weighted by Gasteiger charge is -2.36. The van der Waals surface area contributed by atoms with Gasteiger partial charge in [0.1, 0.15) is 6.10 Å². The Morgan fingerprint density at radius 3 is 2.76 bits per heavy atom. The van der Waals surface area contributed by atoms with Gasteiger partial charge in [-0.2, -0.15) is 0 Å². The van der Waals surface area contributed by atoms with Crippen LogP contribution in [0.4, 0.5) is 0 Å². The maximum Gasteiger partial charge on any atom is 0.308 e. The molecule has 2 fully saturated rings. The van der Waals surface area contributed by atoms with Crippen molar-refractivity contribution in [1.82, 2.24) is 4.90 Å². The molecule has 1 N–H and O–H groups in total. The van der Waals surface area contributed by atoms with E-state index in [1.165, 1.54) is 0 Å². The van der Waals surface area contributed by atoms with Crippen LogP contribution in [0.25, 0.3) is 0 Å². The zero-order chi connectivity index (χ0) is 12.6. The molecule has 4 heteroatoms. The van der Waals surface area contributed by atoms with E-state index >= 15 is 0 Å². The zero-order valence-electron chi connectivity index (χ0n) is 10.9. The minimum absolute atomic E-state index is 0.000139. The first-order valence-corrected chi connectivity index (χ1v) is 6.63. The van der Waals surface area contributed by atoms with Crippen molar-refractivity contribution in [3.05, 3.63) is 0 Å². The van der Waals surface area contributed by atoms with E-state index in [4.69, 9.17) is 4.74 Å². The largest absolute Gasteiger partial charge is 0.462 e. The molecule has 0 aromatic heterocycles. The number of piperidine rings is 1. The second-order valence-electron chi connectivity index (χ2n) is 5.53. The summed E-state index contributed by atoms with van der Waals surface area (Å²) in [6.07, 6.45) is 3.03. The van der Waals surface area contributed by atoms with Gasteiger partial charge in [-0.15, -0.1) is 0 Å². The number of ether oxygens (including phenoxy) is 1. The van der Waals surface area contributed by atoms with Crippen LogP contribution >= 0.6 is 0 Å². The van der Waals surface area contributed by atoms with Gasteiger partial charge in [-0.3, -0.25) is 9.69 Å². The lowest BCUT2D eigenvalue weighted by molar-refractivity contribution is -0.157. The SMILES string of the molecule is CCC(C)C(=O)OC1C[C@H]2CC(O)[C@@H](C1)N2C. The fraction of sp³-hybridized carbons (Fsp3) is 0.923. The molecule has 0 aromatic rings. The first kappa shape index (κ1) is 12.8. The van der Waals surface area contributed by atoms with E-state index in [-0.39, 0.29) is 30.1 Å². The molecular formula is C13H23NO3. The molecule has 17 heavy (non-hydrogen) atoms. The van der Waals surface area contributed by atoms with Gasteiger partial charge in [0, 0.05) is 24.9 Å². The summed E-state index contributed by atoms with van der Waals surface area (Å²) in [5.41, 5.74) is 0. The summed E-state index contributed by atoms with van der Waals surface area (Å²) < 4.78 is 5.54. The van der Waals surface area contributed by atoms with Crippen LogP contribution in [0.1, 0.15) is 39.5 Å². The highest BCUT2D eigenvalue weighted by atomic mass is 16.5. The molecule has 2 saturated heterocycles. The van der Waals surface area contributed by atoms with Gasteiger partial charge in [-0.05, 0) is 19.9 Å². The number of esters is 1. The number of aliphatic hydroxyl groups is 1. The molecule has 0 saturated carbocycles. The number of aliphatic hydroxyl groups excluding tert-OH is 1. The standard InChI is InChI=1S/C13H23NO3/c1-4-8(2)13(16)17-10-5-9-6-12(15)11(7-10)14(9)3/h8-12,15H,4-7H2,1-3H3/t8?,9-,10?,11+,12?/m0/s1. The van der Waals surface area contributed by atoms with E-state index in [1.807, 2.05) is 13.8 Å². The molecule has 2 aliphatic heterocycles. The van der Waals surface area contributed by atoms with Gasteiger partial charge < -0.3 is 9.84 Å². The molecule has 0 aliphatic carbocycles. The Balaban J connectivity index is 1.91. The van der Waals surface area contributed by atoms with Crippen LogP contribution in [0.3, 0.4) is 0 Å². The van der Waals surface area contributed by atoms with E-state index in [2.05, 4.69) is 11.9 Å². The van der Waals surface area contributed by atoms with Crippen LogP contribution in [0.2, 0.25) is 0 Å². The maximum atomic E-state index is 11.7. The summed E-state index contributed by atoms with van der Waals surface area (Å²) in [5, 5.41) is 9.89. The first-order valence-electron chi connectivity index (χ1n) is 6.63. The molecule has 0 spiro atoms. The van der Waals surface area contributed by atoms with E-state index in [1.54, 1.807) is 0 Å². The normalized spacial score (nSPS) is 39.1. The number of rotatable bonds is 3. The highest BCUT2D eigenvalue weighted by Gasteiger charge is 2.45. The van der Waals surface area contributed by atoms with Crippen molar-refractivity contribution in [3.8, 4) is 0 Å². The number of likely N-dealkylation sites (N-methyl/N-ethyl adjacent to an activating group) is 1. The predicted octanol–water partition coefficient (Wildman–Crippen LogP) is 1.17. The molecule has 2 heterocycles. The second kappa shape index (κ2) is 4.94. The van der Waals surface area contributed by atoms with Crippen LogP contribution in [-0.4, -0.2) is 47.3 Å². The summed E-state index contributed by atoms with van der Waals surface area (Å²) in [6, 6.07) is 0.543. The molecule has 2 bridgehead atoms. The van der Waals surface area contributed by atoms with Crippen molar-refractivity contribution in [2.75, 3.05) is 7.05 Å². The summed E-state index contributed by atoms with van der Waals surface area (Å²) in [5.74, 6) is -0.104. The Labute approximate surface area is 103 Å². The van der Waals surface area contributed by atoms with Crippen LogP contribution in [0.15, 0.2) is 0 Å². The average molecular weight is 241 g/mol. The fourth-order valence-electron chi connectivity index (χ4n) is 2.94. The number of fused-ring (bicyclic) bond motifs is 2. The highest BCUT2D eigenvalue weighted by Crippen LogP contribution is 2.36. The zero-order valence-corrected chi connectivity index (χ0v) is 10.9.